The summed E-state index contributed by atoms with van der Waals surface area (Å²) in [4.78, 5) is 12.3. The Bertz CT molecular complexity index is 502. The van der Waals surface area contributed by atoms with Gasteiger partial charge >= 0.3 is 0 Å². The first kappa shape index (κ1) is 14.6. The number of carbonyl (C=O) groups is 1. The van der Waals surface area contributed by atoms with Crippen LogP contribution in [-0.2, 0) is 4.79 Å². The first-order valence-electron chi connectivity index (χ1n) is 8.22. The molecule has 3 heteroatoms. The van der Waals surface area contributed by atoms with E-state index in [-0.39, 0.29) is 11.9 Å². The van der Waals surface area contributed by atoms with Crippen LogP contribution in [-0.4, -0.2) is 18.0 Å². The molecule has 1 aromatic carbocycles. The molecule has 0 aliphatic carbocycles. The van der Waals surface area contributed by atoms with Gasteiger partial charge in [0, 0.05) is 18.5 Å². The van der Waals surface area contributed by atoms with Crippen LogP contribution in [0.5, 0.6) is 0 Å². The molecule has 2 fully saturated rings. The van der Waals surface area contributed by atoms with Gasteiger partial charge in [0.25, 0.3) is 0 Å². The summed E-state index contributed by atoms with van der Waals surface area (Å²) in [6.07, 6.45) is 5.61. The summed E-state index contributed by atoms with van der Waals surface area (Å²) < 4.78 is 0. The van der Waals surface area contributed by atoms with E-state index < -0.39 is 0 Å². The highest BCUT2D eigenvalue weighted by molar-refractivity contribution is 5.76. The van der Waals surface area contributed by atoms with Gasteiger partial charge in [-0.3, -0.25) is 4.79 Å². The Morgan fingerprint density at radius 1 is 1.33 bits per heavy atom. The Balaban J connectivity index is 1.52. The number of amides is 1. The van der Waals surface area contributed by atoms with E-state index in [9.17, 15) is 4.79 Å². The fourth-order valence-corrected chi connectivity index (χ4v) is 3.93. The molecule has 1 amide bonds. The van der Waals surface area contributed by atoms with Crippen LogP contribution >= 0.6 is 0 Å². The molecular weight excluding hydrogens is 260 g/mol. The van der Waals surface area contributed by atoms with Crippen LogP contribution < -0.4 is 10.6 Å². The molecule has 114 valence electrons. The predicted octanol–water partition coefficient (Wildman–Crippen LogP) is 3.09. The van der Waals surface area contributed by atoms with Crippen LogP contribution in [0.25, 0.3) is 0 Å². The van der Waals surface area contributed by atoms with Crippen molar-refractivity contribution in [3.8, 4) is 0 Å². The lowest BCUT2D eigenvalue weighted by atomic mass is 9.89. The van der Waals surface area contributed by atoms with Crippen molar-refractivity contribution in [3.63, 3.8) is 0 Å². The normalized spacial score (nSPS) is 29.1. The Labute approximate surface area is 127 Å². The van der Waals surface area contributed by atoms with Gasteiger partial charge in [-0.05, 0) is 51.0 Å². The van der Waals surface area contributed by atoms with Crippen LogP contribution in [0.15, 0.2) is 24.3 Å². The number of hydrogen-bond donors (Lipinski definition) is 2. The quantitative estimate of drug-likeness (QED) is 0.893. The van der Waals surface area contributed by atoms with E-state index in [0.717, 1.165) is 0 Å². The molecule has 3 atom stereocenters. The summed E-state index contributed by atoms with van der Waals surface area (Å²) in [5.74, 6) is 0.767. The van der Waals surface area contributed by atoms with Crippen LogP contribution in [0, 0.1) is 12.8 Å². The lowest BCUT2D eigenvalue weighted by molar-refractivity contribution is -0.122. The number of aryl methyl sites for hydroxylation is 1. The smallest absolute Gasteiger partial charge is 0.220 e. The van der Waals surface area contributed by atoms with Crippen LogP contribution in [0.1, 0.15) is 56.2 Å². The second kappa shape index (κ2) is 6.18. The minimum Gasteiger partial charge on any atom is -0.350 e. The first-order chi connectivity index (χ1) is 10.1. The van der Waals surface area contributed by atoms with E-state index in [1.807, 2.05) is 0 Å². The lowest BCUT2D eigenvalue weighted by Crippen LogP contribution is -2.40. The van der Waals surface area contributed by atoms with Crippen molar-refractivity contribution >= 4 is 5.91 Å². The highest BCUT2D eigenvalue weighted by atomic mass is 16.1. The fourth-order valence-electron chi connectivity index (χ4n) is 3.93. The second-order valence-electron chi connectivity index (χ2n) is 6.88. The molecule has 3 nitrogen and oxygen atoms in total. The highest BCUT2D eigenvalue weighted by Crippen LogP contribution is 2.32. The average Bonchev–Trinajstić information content (AvgIpc) is 2.77. The van der Waals surface area contributed by atoms with Crippen molar-refractivity contribution in [3.05, 3.63) is 35.4 Å². The van der Waals surface area contributed by atoms with Gasteiger partial charge in [0.1, 0.15) is 0 Å². The number of benzene rings is 1. The van der Waals surface area contributed by atoms with E-state index in [2.05, 4.69) is 48.7 Å². The number of hydrogen-bond acceptors (Lipinski definition) is 2. The summed E-state index contributed by atoms with van der Waals surface area (Å²) in [6, 6.07) is 9.79. The monoisotopic (exact) mass is 286 g/mol. The number of rotatable bonds is 4. The van der Waals surface area contributed by atoms with E-state index in [0.29, 0.717) is 24.4 Å². The molecule has 2 bridgehead atoms. The van der Waals surface area contributed by atoms with Crippen LogP contribution in [0.2, 0.25) is 0 Å². The van der Waals surface area contributed by atoms with Gasteiger partial charge in [-0.2, -0.15) is 0 Å². The second-order valence-corrected chi connectivity index (χ2v) is 6.88. The molecule has 21 heavy (non-hydrogen) atoms. The zero-order valence-electron chi connectivity index (χ0n) is 13.1. The van der Waals surface area contributed by atoms with Gasteiger partial charge in [0.2, 0.25) is 5.91 Å². The maximum atomic E-state index is 12.3. The van der Waals surface area contributed by atoms with Crippen LogP contribution in [0.4, 0.5) is 0 Å². The maximum Gasteiger partial charge on any atom is 0.220 e. The molecule has 0 spiro atoms. The van der Waals surface area contributed by atoms with E-state index in [1.54, 1.807) is 0 Å². The average molecular weight is 286 g/mol. The standard InChI is InChI=1S/C18H26N2O/c1-12-4-3-5-15(8-12)13(2)19-18(21)11-14-9-16-6-7-17(10-14)20-16/h3-5,8,13-14,16-17,20H,6-7,9-11H2,1-2H3,(H,19,21)/t13-,14?,16?,17?/m0/s1. The number of nitrogens with one attached hydrogen (secondary N) is 2. The summed E-state index contributed by atoms with van der Waals surface area (Å²) >= 11 is 0. The molecule has 0 aromatic heterocycles. The molecule has 2 saturated heterocycles. The van der Waals surface area contributed by atoms with Gasteiger partial charge in [-0.1, -0.05) is 29.8 Å². The number of carbonyl (C=O) groups excluding carboxylic acids is 1. The van der Waals surface area contributed by atoms with Gasteiger partial charge < -0.3 is 10.6 Å². The third-order valence-electron chi connectivity index (χ3n) is 4.96. The molecule has 0 saturated carbocycles. The fraction of sp³-hybridized carbons (Fsp3) is 0.611. The number of fused-ring (bicyclic) bond motifs is 2. The Hall–Kier alpha value is -1.35. The Kier molecular flexibility index (Phi) is 4.29. The van der Waals surface area contributed by atoms with Crippen molar-refractivity contribution in [1.82, 2.24) is 10.6 Å². The first-order valence-corrected chi connectivity index (χ1v) is 8.22. The molecule has 0 radical (unpaired) electrons. The maximum absolute atomic E-state index is 12.3. The SMILES string of the molecule is Cc1cccc([C@H](C)NC(=O)CC2CC3CCC(C2)N3)c1. The zero-order chi connectivity index (χ0) is 14.8. The minimum absolute atomic E-state index is 0.0934. The molecule has 2 aliphatic rings. The molecule has 2 aliphatic heterocycles. The Morgan fingerprint density at radius 2 is 2.05 bits per heavy atom. The van der Waals surface area contributed by atoms with Crippen molar-refractivity contribution in [2.24, 2.45) is 5.92 Å². The third-order valence-corrected chi connectivity index (χ3v) is 4.96. The molecule has 2 unspecified atom stereocenters. The summed E-state index contributed by atoms with van der Waals surface area (Å²) in [7, 11) is 0. The molecule has 2 heterocycles. The molecule has 1 aromatic rings. The van der Waals surface area contributed by atoms with E-state index >= 15 is 0 Å². The van der Waals surface area contributed by atoms with Gasteiger partial charge in [-0.15, -0.1) is 0 Å². The Morgan fingerprint density at radius 3 is 2.71 bits per heavy atom. The topological polar surface area (TPSA) is 41.1 Å². The molecular formula is C18H26N2O. The summed E-state index contributed by atoms with van der Waals surface area (Å²) in [5, 5.41) is 6.80. The van der Waals surface area contributed by atoms with E-state index in [4.69, 9.17) is 0 Å². The number of piperidine rings is 1. The van der Waals surface area contributed by atoms with Crippen molar-refractivity contribution < 1.29 is 4.79 Å². The van der Waals surface area contributed by atoms with E-state index in [1.165, 1.54) is 36.8 Å². The van der Waals surface area contributed by atoms with Crippen molar-refractivity contribution in [2.75, 3.05) is 0 Å². The van der Waals surface area contributed by atoms with Gasteiger partial charge in [-0.25, -0.2) is 0 Å². The van der Waals surface area contributed by atoms with Crippen molar-refractivity contribution in [1.29, 1.82) is 0 Å². The van der Waals surface area contributed by atoms with Crippen LogP contribution in [0.3, 0.4) is 0 Å². The highest BCUT2D eigenvalue weighted by Gasteiger charge is 2.34. The third kappa shape index (κ3) is 3.65. The largest absolute Gasteiger partial charge is 0.350 e. The minimum atomic E-state index is 0.0934. The summed E-state index contributed by atoms with van der Waals surface area (Å²) in [5.41, 5.74) is 2.43. The van der Waals surface area contributed by atoms with Gasteiger partial charge in [0.15, 0.2) is 0 Å². The lowest BCUT2D eigenvalue weighted by Gasteiger charge is -2.29. The molecule has 3 rings (SSSR count). The zero-order valence-corrected chi connectivity index (χ0v) is 13.1. The molecule has 2 N–H and O–H groups in total. The van der Waals surface area contributed by atoms with Gasteiger partial charge in [0.05, 0.1) is 6.04 Å². The van der Waals surface area contributed by atoms with Crippen molar-refractivity contribution in [2.45, 2.75) is 64.1 Å². The predicted molar refractivity (Wildman–Crippen MR) is 85.0 cm³/mol. The summed E-state index contributed by atoms with van der Waals surface area (Å²) in [6.45, 7) is 4.15.